The molecule has 1 atom stereocenters. The molecule has 0 aliphatic carbocycles. The van der Waals surface area contributed by atoms with Gasteiger partial charge in [0.1, 0.15) is 5.75 Å². The molecule has 2 saturated heterocycles. The predicted molar refractivity (Wildman–Crippen MR) is 87.3 cm³/mol. The maximum Gasteiger partial charge on any atom is 0.254 e. The zero-order chi connectivity index (χ0) is 15.4. The minimum atomic E-state index is 0.156. The maximum absolute atomic E-state index is 12.8. The molecule has 0 saturated carbocycles. The van der Waals surface area contributed by atoms with Gasteiger partial charge in [-0.2, -0.15) is 0 Å². The molecule has 0 spiro atoms. The molecule has 2 aliphatic heterocycles. The standard InChI is InChI=1S/C18H26N2O2/c1-2-22-17-9-5-7-15(13-17)18(21)20-12-6-8-16(20)14-19-10-3-4-11-19/h5,7,9,13,16H,2-4,6,8,10-12,14H2,1H3/t16-/m1/s1. The Kier molecular flexibility index (Phi) is 4.98. The molecule has 0 unspecified atom stereocenters. The molecule has 4 heteroatoms. The lowest BCUT2D eigenvalue weighted by Gasteiger charge is -2.28. The topological polar surface area (TPSA) is 32.8 Å². The van der Waals surface area contributed by atoms with E-state index in [0.29, 0.717) is 12.6 Å². The number of amides is 1. The van der Waals surface area contributed by atoms with Crippen molar-refractivity contribution in [2.24, 2.45) is 0 Å². The van der Waals surface area contributed by atoms with Crippen LogP contribution in [-0.4, -0.2) is 54.5 Å². The Labute approximate surface area is 133 Å². The van der Waals surface area contributed by atoms with Gasteiger partial charge in [-0.1, -0.05) is 6.07 Å². The van der Waals surface area contributed by atoms with Crippen molar-refractivity contribution in [2.75, 3.05) is 32.8 Å². The molecule has 22 heavy (non-hydrogen) atoms. The van der Waals surface area contributed by atoms with Gasteiger partial charge in [-0.25, -0.2) is 0 Å². The molecule has 4 nitrogen and oxygen atoms in total. The third-order valence-corrected chi connectivity index (χ3v) is 4.70. The lowest BCUT2D eigenvalue weighted by molar-refractivity contribution is 0.0708. The molecular formula is C18H26N2O2. The number of carbonyl (C=O) groups excluding carboxylic acids is 1. The van der Waals surface area contributed by atoms with Gasteiger partial charge in [0.15, 0.2) is 0 Å². The van der Waals surface area contributed by atoms with E-state index in [9.17, 15) is 4.79 Å². The molecule has 0 bridgehead atoms. The van der Waals surface area contributed by atoms with E-state index < -0.39 is 0 Å². The van der Waals surface area contributed by atoms with Crippen molar-refractivity contribution in [1.82, 2.24) is 9.80 Å². The molecular weight excluding hydrogens is 276 g/mol. The lowest BCUT2D eigenvalue weighted by Crippen LogP contribution is -2.42. The van der Waals surface area contributed by atoms with E-state index in [0.717, 1.165) is 37.2 Å². The van der Waals surface area contributed by atoms with Crippen molar-refractivity contribution in [3.63, 3.8) is 0 Å². The third-order valence-electron chi connectivity index (χ3n) is 4.70. The van der Waals surface area contributed by atoms with Gasteiger partial charge in [0, 0.05) is 24.7 Å². The quantitative estimate of drug-likeness (QED) is 0.838. The van der Waals surface area contributed by atoms with E-state index in [4.69, 9.17) is 4.74 Å². The fraction of sp³-hybridized carbons (Fsp3) is 0.611. The van der Waals surface area contributed by atoms with Crippen LogP contribution in [0.5, 0.6) is 5.75 Å². The number of hydrogen-bond donors (Lipinski definition) is 0. The highest BCUT2D eigenvalue weighted by molar-refractivity contribution is 5.95. The summed E-state index contributed by atoms with van der Waals surface area (Å²) in [6, 6.07) is 7.96. The smallest absolute Gasteiger partial charge is 0.254 e. The van der Waals surface area contributed by atoms with Gasteiger partial charge >= 0.3 is 0 Å². The fourth-order valence-corrected chi connectivity index (χ4v) is 3.61. The predicted octanol–water partition coefficient (Wildman–Crippen LogP) is 2.79. The molecule has 2 fully saturated rings. The summed E-state index contributed by atoms with van der Waals surface area (Å²) in [5, 5.41) is 0. The first-order valence-electron chi connectivity index (χ1n) is 8.54. The van der Waals surface area contributed by atoms with Crippen molar-refractivity contribution in [2.45, 2.75) is 38.6 Å². The number of hydrogen-bond acceptors (Lipinski definition) is 3. The first-order chi connectivity index (χ1) is 10.8. The molecule has 2 aliphatic rings. The number of likely N-dealkylation sites (tertiary alicyclic amines) is 2. The number of ether oxygens (including phenoxy) is 1. The molecule has 1 amide bonds. The first kappa shape index (κ1) is 15.3. The second-order valence-electron chi connectivity index (χ2n) is 6.26. The first-order valence-corrected chi connectivity index (χ1v) is 8.54. The summed E-state index contributed by atoms with van der Waals surface area (Å²) in [4.78, 5) is 17.4. The van der Waals surface area contributed by atoms with Crippen molar-refractivity contribution in [3.8, 4) is 5.75 Å². The van der Waals surface area contributed by atoms with Crippen LogP contribution in [0.2, 0.25) is 0 Å². The summed E-state index contributed by atoms with van der Waals surface area (Å²) in [6.07, 6.45) is 4.86. The zero-order valence-electron chi connectivity index (χ0n) is 13.5. The highest BCUT2D eigenvalue weighted by Crippen LogP contribution is 2.24. The van der Waals surface area contributed by atoms with Crippen LogP contribution in [0.25, 0.3) is 0 Å². The summed E-state index contributed by atoms with van der Waals surface area (Å²) < 4.78 is 5.51. The van der Waals surface area contributed by atoms with Crippen LogP contribution in [0.3, 0.4) is 0 Å². The highest BCUT2D eigenvalue weighted by Gasteiger charge is 2.31. The number of rotatable bonds is 5. The van der Waals surface area contributed by atoms with E-state index in [1.165, 1.54) is 25.9 Å². The van der Waals surface area contributed by atoms with Crippen molar-refractivity contribution in [1.29, 1.82) is 0 Å². The van der Waals surface area contributed by atoms with Crippen LogP contribution in [0.4, 0.5) is 0 Å². The van der Waals surface area contributed by atoms with Gasteiger partial charge < -0.3 is 14.5 Å². The summed E-state index contributed by atoms with van der Waals surface area (Å²) >= 11 is 0. The summed E-state index contributed by atoms with van der Waals surface area (Å²) in [7, 11) is 0. The molecule has 1 aromatic rings. The van der Waals surface area contributed by atoms with E-state index in [-0.39, 0.29) is 5.91 Å². The van der Waals surface area contributed by atoms with Crippen molar-refractivity contribution >= 4 is 5.91 Å². The Morgan fingerprint density at radius 2 is 2.05 bits per heavy atom. The SMILES string of the molecule is CCOc1cccc(C(=O)N2CCC[C@@H]2CN2CCCC2)c1. The monoisotopic (exact) mass is 302 g/mol. The van der Waals surface area contributed by atoms with Gasteiger partial charge in [-0.15, -0.1) is 0 Å². The summed E-state index contributed by atoms with van der Waals surface area (Å²) in [5.41, 5.74) is 0.749. The van der Waals surface area contributed by atoms with Crippen LogP contribution in [-0.2, 0) is 0 Å². The van der Waals surface area contributed by atoms with Gasteiger partial charge in [0.05, 0.1) is 6.61 Å². The second-order valence-corrected chi connectivity index (χ2v) is 6.26. The Bertz CT molecular complexity index is 512. The van der Waals surface area contributed by atoms with Gasteiger partial charge in [-0.05, 0) is 63.9 Å². The van der Waals surface area contributed by atoms with Crippen molar-refractivity contribution < 1.29 is 9.53 Å². The normalized spacial score (nSPS) is 22.2. The van der Waals surface area contributed by atoms with Gasteiger partial charge in [0.25, 0.3) is 5.91 Å². The van der Waals surface area contributed by atoms with Crippen LogP contribution in [0.15, 0.2) is 24.3 Å². The molecule has 1 aromatic carbocycles. The molecule has 0 aromatic heterocycles. The van der Waals surface area contributed by atoms with Crippen molar-refractivity contribution in [3.05, 3.63) is 29.8 Å². The highest BCUT2D eigenvalue weighted by atomic mass is 16.5. The molecule has 2 heterocycles. The molecule has 3 rings (SSSR count). The Morgan fingerprint density at radius 3 is 2.82 bits per heavy atom. The van der Waals surface area contributed by atoms with E-state index in [1.807, 2.05) is 31.2 Å². The van der Waals surface area contributed by atoms with Crippen LogP contribution < -0.4 is 4.74 Å². The Morgan fingerprint density at radius 1 is 1.23 bits per heavy atom. The average Bonchev–Trinajstić information content (AvgIpc) is 3.19. The average molecular weight is 302 g/mol. The Hall–Kier alpha value is -1.55. The zero-order valence-corrected chi connectivity index (χ0v) is 13.5. The summed E-state index contributed by atoms with van der Waals surface area (Å²) in [5.74, 6) is 0.937. The number of carbonyl (C=O) groups is 1. The van der Waals surface area contributed by atoms with Gasteiger partial charge in [-0.3, -0.25) is 4.79 Å². The minimum absolute atomic E-state index is 0.156. The van der Waals surface area contributed by atoms with Crippen LogP contribution >= 0.6 is 0 Å². The lowest BCUT2D eigenvalue weighted by atomic mass is 10.1. The number of nitrogens with zero attached hydrogens (tertiary/aromatic N) is 2. The largest absolute Gasteiger partial charge is 0.494 e. The van der Waals surface area contributed by atoms with Gasteiger partial charge in [0.2, 0.25) is 0 Å². The number of benzene rings is 1. The molecule has 0 N–H and O–H groups in total. The van der Waals surface area contributed by atoms with Crippen LogP contribution in [0, 0.1) is 0 Å². The van der Waals surface area contributed by atoms with E-state index in [2.05, 4.69) is 9.80 Å². The van der Waals surface area contributed by atoms with Crippen LogP contribution in [0.1, 0.15) is 43.0 Å². The third kappa shape index (κ3) is 3.43. The maximum atomic E-state index is 12.8. The van der Waals surface area contributed by atoms with E-state index in [1.54, 1.807) is 0 Å². The second kappa shape index (κ2) is 7.14. The minimum Gasteiger partial charge on any atom is -0.494 e. The molecule has 0 radical (unpaired) electrons. The summed E-state index contributed by atoms with van der Waals surface area (Å²) in [6.45, 7) is 6.89. The van der Waals surface area contributed by atoms with E-state index >= 15 is 0 Å². The molecule has 120 valence electrons. The fourth-order valence-electron chi connectivity index (χ4n) is 3.61. The Balaban J connectivity index is 1.68.